The van der Waals surface area contributed by atoms with Gasteiger partial charge in [0.05, 0.1) is 37.7 Å². The Labute approximate surface area is 465 Å². The van der Waals surface area contributed by atoms with Crippen molar-refractivity contribution < 1.29 is 61.1 Å². The molecule has 2 aromatic rings. The van der Waals surface area contributed by atoms with Crippen LogP contribution in [0.2, 0.25) is 39.3 Å². The zero-order chi connectivity index (χ0) is 57.3. The monoisotopic (exact) mass is 1210 g/mol. The molecule has 2 fully saturated rings. The number of carbonyl (C=O) groups excluding carboxylic acids is 3. The third kappa shape index (κ3) is 26.1. The average Bonchev–Trinajstić information content (AvgIpc) is 3.73. The highest BCUT2D eigenvalue weighted by molar-refractivity contribution is 9.28. The molecule has 0 amide bonds. The number of halogens is 5. The second-order valence-corrected chi connectivity index (χ2v) is 36.9. The lowest BCUT2D eigenvalue weighted by Crippen LogP contribution is -2.34. The predicted octanol–water partition coefficient (Wildman–Crippen LogP) is 14.4. The minimum Gasteiger partial charge on any atom is -0.378 e. The molecule has 2 saturated heterocycles. The van der Waals surface area contributed by atoms with Crippen molar-refractivity contribution in [2.75, 3.05) is 25.7 Å². The summed E-state index contributed by atoms with van der Waals surface area (Å²) < 4.78 is 73.9. The second-order valence-electron chi connectivity index (χ2n) is 23.3. The number of aldehydes is 1. The largest absolute Gasteiger partial charge is 0.392 e. The van der Waals surface area contributed by atoms with Gasteiger partial charge in [0, 0.05) is 30.0 Å². The molecule has 1 unspecified atom stereocenters. The molecule has 2 aliphatic heterocycles. The molecule has 2 heterocycles. The number of allylic oxidation sites excluding steroid dienone is 1. The molecule has 0 aliphatic carbocycles. The lowest BCUT2D eigenvalue weighted by Gasteiger charge is -2.18. The van der Waals surface area contributed by atoms with Crippen molar-refractivity contribution in [2.24, 2.45) is 11.8 Å². The summed E-state index contributed by atoms with van der Waals surface area (Å²) in [6, 6.07) is 7.92. The quantitative estimate of drug-likeness (QED) is 0.0559. The first-order chi connectivity index (χ1) is 34.4. The minimum absolute atomic E-state index is 0.00671. The van der Waals surface area contributed by atoms with Crippen LogP contribution in [0.1, 0.15) is 128 Å². The van der Waals surface area contributed by atoms with E-state index < -0.39 is 70.7 Å². The first-order valence-electron chi connectivity index (χ1n) is 25.6. The molecule has 17 heteroatoms. The van der Waals surface area contributed by atoms with Crippen LogP contribution in [0, 0.1) is 51.4 Å². The summed E-state index contributed by atoms with van der Waals surface area (Å²) in [6.07, 6.45) is 5.38. The zero-order valence-electron chi connectivity index (χ0n) is 47.5. The van der Waals surface area contributed by atoms with E-state index in [-0.39, 0.29) is 30.9 Å². The van der Waals surface area contributed by atoms with Gasteiger partial charge >= 0.3 is 6.18 Å². The summed E-state index contributed by atoms with van der Waals surface area (Å²) >= 11 is 6.56. The van der Waals surface area contributed by atoms with Gasteiger partial charge in [-0.05, 0) is 135 Å². The Bertz CT molecular complexity index is 2350. The Balaban J connectivity index is 0.000000459. The number of aliphatic hydroxyl groups is 1. The normalized spacial score (nSPS) is 20.2. The number of hydrogen-bond acceptors (Lipinski definition) is 10. The van der Waals surface area contributed by atoms with E-state index >= 15 is 0 Å². The fourth-order valence-corrected chi connectivity index (χ4v) is 9.84. The fraction of sp³-hybridized carbons (Fsp3) is 0.603. The number of ketones is 2. The van der Waals surface area contributed by atoms with Crippen LogP contribution in [0.3, 0.4) is 0 Å². The van der Waals surface area contributed by atoms with Gasteiger partial charge in [-0.1, -0.05) is 138 Å². The Morgan fingerprint density at radius 3 is 1.59 bits per heavy atom. The van der Waals surface area contributed by atoms with Gasteiger partial charge in [0.2, 0.25) is 0 Å². The predicted molar refractivity (Wildman–Crippen MR) is 309 cm³/mol. The number of aliphatic hydroxyl groups excluding tert-OH is 1. The van der Waals surface area contributed by atoms with Crippen molar-refractivity contribution in [1.29, 1.82) is 0 Å². The van der Waals surface area contributed by atoms with Gasteiger partial charge in [0.1, 0.15) is 31.5 Å². The lowest BCUT2D eigenvalue weighted by molar-refractivity contribution is -0.168. The Morgan fingerprint density at radius 1 is 0.747 bits per heavy atom. The molecule has 4 rings (SSSR count). The fourth-order valence-electron chi connectivity index (χ4n) is 8.04. The van der Waals surface area contributed by atoms with E-state index in [1.165, 1.54) is 0 Å². The topological polar surface area (TPSA) is 127 Å². The van der Waals surface area contributed by atoms with Crippen LogP contribution in [0.15, 0.2) is 45.9 Å². The van der Waals surface area contributed by atoms with Crippen LogP contribution in [0.5, 0.6) is 0 Å². The molecule has 75 heavy (non-hydrogen) atoms. The van der Waals surface area contributed by atoms with Crippen molar-refractivity contribution in [2.45, 2.75) is 189 Å². The van der Waals surface area contributed by atoms with Crippen LogP contribution in [-0.4, -0.2) is 113 Å². The van der Waals surface area contributed by atoms with E-state index in [0.29, 0.717) is 36.4 Å². The summed E-state index contributed by atoms with van der Waals surface area (Å²) in [5, 5.41) is 10.6. The first kappa shape index (κ1) is 68.2. The Kier molecular flexibility index (Phi) is 27.7. The van der Waals surface area contributed by atoms with E-state index in [1.807, 2.05) is 76.3 Å². The van der Waals surface area contributed by atoms with Gasteiger partial charge in [0.15, 0.2) is 29.4 Å². The van der Waals surface area contributed by atoms with Crippen LogP contribution in [0.4, 0.5) is 13.2 Å². The maximum Gasteiger partial charge on any atom is 0.392 e. The molecule has 2 aromatic carbocycles. The van der Waals surface area contributed by atoms with Crippen molar-refractivity contribution in [3.8, 4) is 11.8 Å². The van der Waals surface area contributed by atoms with Gasteiger partial charge in [0.25, 0.3) is 0 Å². The van der Waals surface area contributed by atoms with E-state index in [9.17, 15) is 32.7 Å². The Hall–Kier alpha value is -2.87. The minimum atomic E-state index is -4.34. The molecule has 10 nitrogen and oxygen atoms in total. The van der Waals surface area contributed by atoms with Gasteiger partial charge in [-0.15, -0.1) is 0 Å². The molecular formula is C58H85Br2F3O10Si2. The number of alkyl halides is 3. The molecule has 0 spiro atoms. The SMILES string of the molecule is CC(C)CC=C(Br)Br.Cc1cc(C)c(C(=O)COC[Si](C)(C)C)c(/C=C/C[C@@H]2OC(C)(C)O[C@@H]2C(O)C#CC[C@@H](C)C(F)(F)F)c1.Cc1cc(C)c(C(=O)COC[Si](C)(C)C)c(/C=C/C[C@@H]2OC(C)(C)O[C@@H]2C=O)c1. The van der Waals surface area contributed by atoms with Gasteiger partial charge in [-0.3, -0.25) is 9.59 Å². The van der Waals surface area contributed by atoms with Crippen LogP contribution in [0.25, 0.3) is 12.2 Å². The second kappa shape index (κ2) is 30.5. The van der Waals surface area contributed by atoms with Crippen LogP contribution >= 0.6 is 31.9 Å². The van der Waals surface area contributed by atoms with E-state index in [2.05, 4.69) is 103 Å². The number of ether oxygens (including phenoxy) is 6. The van der Waals surface area contributed by atoms with Gasteiger partial charge in [-0.2, -0.15) is 13.2 Å². The van der Waals surface area contributed by atoms with Crippen LogP contribution < -0.4 is 0 Å². The molecule has 0 aromatic heterocycles. The van der Waals surface area contributed by atoms with Gasteiger partial charge < -0.3 is 38.3 Å². The number of Topliss-reactive ketones (excluding diaryl/α,β-unsaturated/α-hetero) is 2. The number of hydrogen-bond donors (Lipinski definition) is 1. The third-order valence-electron chi connectivity index (χ3n) is 11.3. The molecular weight excluding hydrogens is 1130 g/mol. The highest BCUT2D eigenvalue weighted by Crippen LogP contribution is 2.34. The van der Waals surface area contributed by atoms with Crippen molar-refractivity contribution in [1.82, 2.24) is 0 Å². The number of carbonyl (C=O) groups is 3. The summed E-state index contributed by atoms with van der Waals surface area (Å²) in [6.45, 7) is 33.6. The van der Waals surface area contributed by atoms with E-state index in [1.54, 1.807) is 27.7 Å². The number of rotatable bonds is 21. The summed E-state index contributed by atoms with van der Waals surface area (Å²) in [5.41, 5.74) is 6.84. The standard InChI is InChI=1S/C29H41F3O5Si.C23H34O5Si.C6H10Br2/c1-19-15-20(2)26(24(34)17-35-18-38(6,7)8)22(16-19)12-10-14-25-27(37-28(4,5)36-25)23(33)13-9-11-21(3)29(30,31)32;1-16-11-17(2)22(19(25)14-26-15-29(5,6)7)18(12-16)9-8-10-20-21(13-24)28-23(3,4)27-20;1-5(2)3-4-6(7)8/h10,12,15-16,21,23,25,27,33H,11,14,17-18H2,1-8H3;8-9,11-13,20-21H,10,14-15H2,1-7H3;4-5H,3H2,1-2H3/b12-10+;9-8+;/t21-,23?,25+,27-;20-,21+;/m10./s1. The summed E-state index contributed by atoms with van der Waals surface area (Å²) in [7, 11) is -2.80. The molecule has 420 valence electrons. The summed E-state index contributed by atoms with van der Waals surface area (Å²) in [4.78, 5) is 37.1. The molecule has 6 atom stereocenters. The lowest BCUT2D eigenvalue weighted by atomic mass is 9.95. The highest BCUT2D eigenvalue weighted by atomic mass is 79.9. The summed E-state index contributed by atoms with van der Waals surface area (Å²) in [5.74, 6) is 2.25. The zero-order valence-corrected chi connectivity index (χ0v) is 52.7. The van der Waals surface area contributed by atoms with E-state index in [4.69, 9.17) is 28.4 Å². The van der Waals surface area contributed by atoms with Crippen molar-refractivity contribution in [3.63, 3.8) is 0 Å². The molecule has 0 saturated carbocycles. The maximum absolute atomic E-state index is 13.0. The molecule has 2 aliphatic rings. The maximum atomic E-state index is 13.0. The number of aryl methyl sites for hydroxylation is 4. The first-order valence-corrected chi connectivity index (χ1v) is 34.6. The van der Waals surface area contributed by atoms with Gasteiger partial charge in [-0.25, -0.2) is 0 Å². The average molecular weight is 1220 g/mol. The van der Waals surface area contributed by atoms with E-state index in [0.717, 1.165) is 62.3 Å². The highest BCUT2D eigenvalue weighted by Gasteiger charge is 2.44. The smallest absolute Gasteiger partial charge is 0.378 e. The molecule has 0 bridgehead atoms. The van der Waals surface area contributed by atoms with Crippen molar-refractivity contribution in [3.05, 3.63) is 90.4 Å². The molecule has 1 N–H and O–H groups in total. The molecule has 0 radical (unpaired) electrons. The number of benzene rings is 2. The Morgan fingerprint density at radius 2 is 1.19 bits per heavy atom. The third-order valence-corrected chi connectivity index (χ3v) is 14.1. The van der Waals surface area contributed by atoms with Crippen LogP contribution in [-0.2, 0) is 33.2 Å². The van der Waals surface area contributed by atoms with Crippen molar-refractivity contribution >= 4 is 78.0 Å².